The fourth-order valence-corrected chi connectivity index (χ4v) is 2.96. The van der Waals surface area contributed by atoms with E-state index >= 15 is 0 Å². The van der Waals surface area contributed by atoms with Gasteiger partial charge in [0, 0.05) is 4.91 Å². The van der Waals surface area contributed by atoms with Crippen molar-refractivity contribution in [3.63, 3.8) is 0 Å². The van der Waals surface area contributed by atoms with E-state index in [1.165, 1.54) is 12.1 Å². The Bertz CT molecular complexity index is 919. The van der Waals surface area contributed by atoms with E-state index in [1.54, 1.807) is 48.5 Å². The largest absolute Gasteiger partial charge is 0.459 e. The van der Waals surface area contributed by atoms with Crippen molar-refractivity contribution in [2.75, 3.05) is 6.61 Å². The molecule has 0 spiro atoms. The van der Waals surface area contributed by atoms with Crippen LogP contribution in [0.3, 0.4) is 0 Å². The first kappa shape index (κ1) is 21.3. The van der Waals surface area contributed by atoms with Gasteiger partial charge in [0.05, 0.1) is 11.1 Å². The molecule has 2 aromatic rings. The molecule has 0 saturated carbocycles. The molecule has 3 rings (SSSR count). The number of hydrogen-bond donors (Lipinski definition) is 2. The SMILES string of the molecule is [N-]=[N+]=NC1C(OC(=O)c2ccccc2)[C@H](O)C(COC(=O)c2ccccc2)O[C@H]1O. The maximum atomic E-state index is 12.4. The first-order chi connectivity index (χ1) is 14.5. The summed E-state index contributed by atoms with van der Waals surface area (Å²) in [4.78, 5) is 27.1. The fourth-order valence-electron chi connectivity index (χ4n) is 2.96. The molecule has 1 aliphatic heterocycles. The van der Waals surface area contributed by atoms with E-state index in [2.05, 4.69) is 10.0 Å². The van der Waals surface area contributed by atoms with Crippen LogP contribution in [-0.4, -0.2) is 59.4 Å². The van der Waals surface area contributed by atoms with Crippen LogP contribution in [0, 0.1) is 0 Å². The van der Waals surface area contributed by atoms with E-state index in [9.17, 15) is 19.8 Å². The molecule has 156 valence electrons. The van der Waals surface area contributed by atoms with Gasteiger partial charge in [0.15, 0.2) is 6.29 Å². The van der Waals surface area contributed by atoms with E-state index in [-0.39, 0.29) is 5.56 Å². The Morgan fingerprint density at radius 1 is 1.00 bits per heavy atom. The highest BCUT2D eigenvalue weighted by Crippen LogP contribution is 2.26. The highest BCUT2D eigenvalue weighted by atomic mass is 16.6. The number of aliphatic hydroxyl groups excluding tert-OH is 2. The summed E-state index contributed by atoms with van der Waals surface area (Å²) in [6.07, 6.45) is -5.84. The molecule has 0 amide bonds. The van der Waals surface area contributed by atoms with Gasteiger partial charge >= 0.3 is 11.9 Å². The summed E-state index contributed by atoms with van der Waals surface area (Å²) in [6.45, 7) is -0.422. The maximum Gasteiger partial charge on any atom is 0.338 e. The molecule has 0 bridgehead atoms. The summed E-state index contributed by atoms with van der Waals surface area (Å²) < 4.78 is 15.7. The normalized spacial score (nSPS) is 25.6. The van der Waals surface area contributed by atoms with Crippen molar-refractivity contribution in [3.8, 4) is 0 Å². The molecule has 0 aliphatic carbocycles. The molecule has 30 heavy (non-hydrogen) atoms. The van der Waals surface area contributed by atoms with Crippen LogP contribution >= 0.6 is 0 Å². The lowest BCUT2D eigenvalue weighted by molar-refractivity contribution is -0.248. The van der Waals surface area contributed by atoms with Crippen molar-refractivity contribution < 1.29 is 34.0 Å². The average molecular weight is 413 g/mol. The minimum Gasteiger partial charge on any atom is -0.459 e. The Kier molecular flexibility index (Phi) is 6.99. The predicted molar refractivity (Wildman–Crippen MR) is 102 cm³/mol. The number of carbonyl (C=O) groups is 2. The zero-order chi connectivity index (χ0) is 21.5. The molecule has 0 aromatic heterocycles. The van der Waals surface area contributed by atoms with E-state index in [0.717, 1.165) is 0 Å². The van der Waals surface area contributed by atoms with Crippen molar-refractivity contribution in [3.05, 3.63) is 82.2 Å². The van der Waals surface area contributed by atoms with Crippen LogP contribution in [0.4, 0.5) is 0 Å². The standard InChI is InChI=1S/C20H19N3O7/c21-23-22-15-17(30-19(26)13-9-5-2-6-10-13)16(24)14(29-20(15)27)11-28-18(25)12-7-3-1-4-8-12/h1-10,14-17,20,24,27H,11H2/t14?,15?,16-,17?,20-/m1/s1. The van der Waals surface area contributed by atoms with Gasteiger partial charge in [0.25, 0.3) is 0 Å². The average Bonchev–Trinajstić information content (AvgIpc) is 2.78. The highest BCUT2D eigenvalue weighted by molar-refractivity contribution is 5.89. The van der Waals surface area contributed by atoms with Gasteiger partial charge in [0.1, 0.15) is 31.0 Å². The van der Waals surface area contributed by atoms with Crippen LogP contribution in [-0.2, 0) is 14.2 Å². The van der Waals surface area contributed by atoms with Gasteiger partial charge in [-0.2, -0.15) is 0 Å². The quantitative estimate of drug-likeness (QED) is 0.317. The maximum absolute atomic E-state index is 12.4. The van der Waals surface area contributed by atoms with E-state index < -0.39 is 49.2 Å². The third-order valence-corrected chi connectivity index (χ3v) is 4.49. The number of esters is 2. The highest BCUT2D eigenvalue weighted by Gasteiger charge is 2.47. The molecular formula is C20H19N3O7. The third-order valence-electron chi connectivity index (χ3n) is 4.49. The van der Waals surface area contributed by atoms with Crippen LogP contribution in [0.15, 0.2) is 65.8 Å². The topological polar surface area (TPSA) is 151 Å². The Labute approximate surface area is 171 Å². The van der Waals surface area contributed by atoms with E-state index in [4.69, 9.17) is 19.7 Å². The van der Waals surface area contributed by atoms with Crippen molar-refractivity contribution in [1.29, 1.82) is 0 Å². The number of hydrogen-bond acceptors (Lipinski definition) is 8. The zero-order valence-corrected chi connectivity index (χ0v) is 15.6. The van der Waals surface area contributed by atoms with E-state index in [0.29, 0.717) is 5.56 Å². The number of rotatable bonds is 6. The molecule has 1 heterocycles. The summed E-state index contributed by atoms with van der Waals surface area (Å²) in [6, 6.07) is 14.8. The van der Waals surface area contributed by atoms with Crippen molar-refractivity contribution in [2.45, 2.75) is 30.6 Å². The van der Waals surface area contributed by atoms with Crippen LogP contribution < -0.4 is 0 Å². The molecule has 1 saturated heterocycles. The first-order valence-electron chi connectivity index (χ1n) is 9.05. The van der Waals surface area contributed by atoms with Crippen LogP contribution in [0.5, 0.6) is 0 Å². The van der Waals surface area contributed by atoms with Crippen molar-refractivity contribution in [1.82, 2.24) is 0 Å². The van der Waals surface area contributed by atoms with Gasteiger partial charge in [-0.3, -0.25) is 0 Å². The molecule has 1 aliphatic rings. The lowest BCUT2D eigenvalue weighted by Crippen LogP contribution is -2.59. The second-order valence-corrected chi connectivity index (χ2v) is 6.45. The molecule has 1 fully saturated rings. The second-order valence-electron chi connectivity index (χ2n) is 6.45. The fraction of sp³-hybridized carbons (Fsp3) is 0.300. The summed E-state index contributed by atoms with van der Waals surface area (Å²) in [5, 5.41) is 24.2. The lowest BCUT2D eigenvalue weighted by atomic mass is 9.97. The van der Waals surface area contributed by atoms with Gasteiger partial charge in [0.2, 0.25) is 0 Å². The predicted octanol–water partition coefficient (Wildman–Crippen LogP) is 1.83. The molecule has 2 N–H and O–H groups in total. The smallest absolute Gasteiger partial charge is 0.338 e. The number of ether oxygens (including phenoxy) is 3. The Hall–Kier alpha value is -3.43. The molecule has 3 unspecified atom stereocenters. The van der Waals surface area contributed by atoms with Crippen LogP contribution in [0.1, 0.15) is 20.7 Å². The number of nitrogens with zero attached hydrogens (tertiary/aromatic N) is 3. The Morgan fingerprint density at radius 3 is 2.13 bits per heavy atom. The minimum atomic E-state index is -1.68. The molecule has 2 aromatic carbocycles. The van der Waals surface area contributed by atoms with Crippen LogP contribution in [0.25, 0.3) is 10.4 Å². The molecule has 10 nitrogen and oxygen atoms in total. The second kappa shape index (κ2) is 9.86. The molecule has 0 radical (unpaired) electrons. The minimum absolute atomic E-state index is 0.206. The first-order valence-corrected chi connectivity index (χ1v) is 9.05. The molecular weight excluding hydrogens is 394 g/mol. The zero-order valence-electron chi connectivity index (χ0n) is 15.6. The molecule has 10 heteroatoms. The van der Waals surface area contributed by atoms with Gasteiger partial charge < -0.3 is 24.4 Å². The summed E-state index contributed by atoms with van der Waals surface area (Å²) >= 11 is 0. The van der Waals surface area contributed by atoms with Crippen molar-refractivity contribution >= 4 is 11.9 Å². The van der Waals surface area contributed by atoms with Gasteiger partial charge in [-0.05, 0) is 29.8 Å². The lowest BCUT2D eigenvalue weighted by Gasteiger charge is -2.40. The third kappa shape index (κ3) is 4.94. The summed E-state index contributed by atoms with van der Waals surface area (Å²) in [5.41, 5.74) is 9.26. The number of aliphatic hydroxyl groups is 2. The Morgan fingerprint density at radius 2 is 1.57 bits per heavy atom. The van der Waals surface area contributed by atoms with Gasteiger partial charge in [-0.15, -0.1) is 0 Å². The van der Waals surface area contributed by atoms with Gasteiger partial charge in [-0.25, -0.2) is 9.59 Å². The number of benzene rings is 2. The van der Waals surface area contributed by atoms with E-state index in [1.807, 2.05) is 0 Å². The summed E-state index contributed by atoms with van der Waals surface area (Å²) in [7, 11) is 0. The van der Waals surface area contributed by atoms with Gasteiger partial charge in [-0.1, -0.05) is 41.5 Å². The Balaban J connectivity index is 1.72. The molecule has 5 atom stereocenters. The summed E-state index contributed by atoms with van der Waals surface area (Å²) in [5.74, 6) is -1.44. The van der Waals surface area contributed by atoms with Crippen LogP contribution in [0.2, 0.25) is 0 Å². The number of carbonyl (C=O) groups excluding carboxylic acids is 2. The van der Waals surface area contributed by atoms with Crippen molar-refractivity contribution in [2.24, 2.45) is 5.11 Å². The number of azide groups is 1. The monoisotopic (exact) mass is 413 g/mol.